The monoisotopic (exact) mass is 271 g/mol. The molecule has 0 bridgehead atoms. The minimum atomic E-state index is 0.570. The van der Waals surface area contributed by atoms with E-state index in [0.717, 1.165) is 11.8 Å². The Morgan fingerprint density at radius 1 is 1.50 bits per heavy atom. The molecule has 14 heavy (non-hydrogen) atoms. The second-order valence-electron chi connectivity index (χ2n) is 4.94. The number of rotatable bonds is 3. The van der Waals surface area contributed by atoms with Gasteiger partial charge in [0.15, 0.2) is 0 Å². The first-order chi connectivity index (χ1) is 6.81. The smallest absolute Gasteiger partial charge is 0.0794 e. The number of aromatic nitrogens is 1. The maximum Gasteiger partial charge on any atom is 0.0794 e. The van der Waals surface area contributed by atoms with E-state index in [-0.39, 0.29) is 0 Å². The predicted octanol–water partition coefficient (Wildman–Crippen LogP) is 3.50. The van der Waals surface area contributed by atoms with Gasteiger partial charge in [-0.2, -0.15) is 0 Å². The molecule has 0 amide bonds. The summed E-state index contributed by atoms with van der Waals surface area (Å²) >= 11 is 5.52. The number of thiazole rings is 1. The van der Waals surface area contributed by atoms with Crippen molar-refractivity contribution >= 4 is 27.3 Å². The van der Waals surface area contributed by atoms with Gasteiger partial charge >= 0.3 is 0 Å². The quantitative estimate of drug-likeness (QED) is 0.767. The molecular formula is C11H14BrNS. The van der Waals surface area contributed by atoms with Crippen molar-refractivity contribution in [1.82, 2.24) is 4.98 Å². The van der Waals surface area contributed by atoms with Gasteiger partial charge in [0, 0.05) is 16.4 Å². The van der Waals surface area contributed by atoms with Crippen LogP contribution in [0.3, 0.4) is 0 Å². The molecule has 2 aliphatic rings. The summed E-state index contributed by atoms with van der Waals surface area (Å²) in [7, 11) is 0. The molecule has 2 saturated carbocycles. The normalized spacial score (nSPS) is 39.8. The molecule has 2 aliphatic carbocycles. The van der Waals surface area contributed by atoms with Crippen molar-refractivity contribution in [3.8, 4) is 0 Å². The van der Waals surface area contributed by atoms with Gasteiger partial charge in [0.1, 0.15) is 0 Å². The Morgan fingerprint density at radius 2 is 2.29 bits per heavy atom. The van der Waals surface area contributed by atoms with Gasteiger partial charge in [0.25, 0.3) is 0 Å². The number of hydrogen-bond acceptors (Lipinski definition) is 2. The molecule has 1 aromatic rings. The molecule has 0 N–H and O–H groups in total. The van der Waals surface area contributed by atoms with Crippen LogP contribution in [-0.2, 0) is 6.42 Å². The van der Waals surface area contributed by atoms with Crippen molar-refractivity contribution in [1.29, 1.82) is 0 Å². The standard InChI is InChI=1S/C11H14BrNS/c12-6-11(2-8-1-9(8)3-11)4-10-5-13-7-14-10/h5,7-9H,1-4,6H2. The summed E-state index contributed by atoms with van der Waals surface area (Å²) in [5, 5.41) is 1.17. The predicted molar refractivity (Wildman–Crippen MR) is 62.9 cm³/mol. The maximum atomic E-state index is 4.16. The zero-order valence-electron chi connectivity index (χ0n) is 8.08. The molecule has 1 aromatic heterocycles. The van der Waals surface area contributed by atoms with Crippen molar-refractivity contribution in [2.24, 2.45) is 17.3 Å². The van der Waals surface area contributed by atoms with E-state index >= 15 is 0 Å². The van der Waals surface area contributed by atoms with Crippen LogP contribution in [0.5, 0.6) is 0 Å². The summed E-state index contributed by atoms with van der Waals surface area (Å²) in [5.74, 6) is 2.14. The van der Waals surface area contributed by atoms with Gasteiger partial charge in [-0.05, 0) is 42.9 Å². The fourth-order valence-electron chi connectivity index (χ4n) is 3.01. The third kappa shape index (κ3) is 1.54. The molecule has 0 radical (unpaired) electrons. The van der Waals surface area contributed by atoms with Crippen molar-refractivity contribution in [3.63, 3.8) is 0 Å². The van der Waals surface area contributed by atoms with Gasteiger partial charge in [0.2, 0.25) is 0 Å². The Bertz CT molecular complexity index is 312. The minimum absolute atomic E-state index is 0.570. The van der Waals surface area contributed by atoms with Crippen molar-refractivity contribution < 1.29 is 0 Å². The van der Waals surface area contributed by atoms with Crippen molar-refractivity contribution in [2.45, 2.75) is 25.7 Å². The highest BCUT2D eigenvalue weighted by atomic mass is 79.9. The summed E-state index contributed by atoms with van der Waals surface area (Å²) in [5.41, 5.74) is 2.52. The van der Waals surface area contributed by atoms with Crippen LogP contribution in [0.25, 0.3) is 0 Å². The molecule has 0 saturated heterocycles. The Balaban J connectivity index is 1.75. The molecule has 76 valence electrons. The number of fused-ring (bicyclic) bond motifs is 1. The topological polar surface area (TPSA) is 12.9 Å². The molecule has 2 fully saturated rings. The SMILES string of the molecule is BrCC1(Cc2cncs2)CC2CC2C1. The zero-order chi connectivity index (χ0) is 9.60. The number of nitrogens with zero attached hydrogens (tertiary/aromatic N) is 1. The van der Waals surface area contributed by atoms with E-state index < -0.39 is 0 Å². The van der Waals surface area contributed by atoms with Crippen LogP contribution < -0.4 is 0 Å². The summed E-state index contributed by atoms with van der Waals surface area (Å²) in [6.07, 6.45) is 7.69. The summed E-state index contributed by atoms with van der Waals surface area (Å²) in [4.78, 5) is 5.63. The second kappa shape index (κ2) is 3.31. The average Bonchev–Trinajstić information content (AvgIpc) is 2.68. The molecule has 1 nitrogen and oxygen atoms in total. The Morgan fingerprint density at radius 3 is 2.86 bits per heavy atom. The van der Waals surface area contributed by atoms with Crippen LogP contribution in [-0.4, -0.2) is 10.3 Å². The molecular weight excluding hydrogens is 258 g/mol. The van der Waals surface area contributed by atoms with E-state index in [0.29, 0.717) is 5.41 Å². The number of hydrogen-bond donors (Lipinski definition) is 0. The largest absolute Gasteiger partial charge is 0.253 e. The third-order valence-electron chi connectivity index (χ3n) is 3.78. The highest BCUT2D eigenvalue weighted by Gasteiger charge is 2.53. The molecule has 0 spiro atoms. The van der Waals surface area contributed by atoms with Crippen LogP contribution in [0.15, 0.2) is 11.7 Å². The van der Waals surface area contributed by atoms with Crippen LogP contribution in [0.1, 0.15) is 24.1 Å². The summed E-state index contributed by atoms with van der Waals surface area (Å²) in [6.45, 7) is 0. The first-order valence-electron chi connectivity index (χ1n) is 5.25. The lowest BCUT2D eigenvalue weighted by molar-refractivity contribution is 0.310. The van der Waals surface area contributed by atoms with Gasteiger partial charge in [0.05, 0.1) is 5.51 Å². The molecule has 2 atom stereocenters. The first-order valence-corrected chi connectivity index (χ1v) is 7.25. The highest BCUT2D eigenvalue weighted by Crippen LogP contribution is 2.61. The van der Waals surface area contributed by atoms with Crippen LogP contribution in [0.4, 0.5) is 0 Å². The van der Waals surface area contributed by atoms with E-state index in [9.17, 15) is 0 Å². The minimum Gasteiger partial charge on any atom is -0.253 e. The Hall–Kier alpha value is 0.110. The fourth-order valence-corrected chi connectivity index (χ4v) is 4.43. The van der Waals surface area contributed by atoms with Crippen LogP contribution >= 0.6 is 27.3 Å². The molecule has 0 aromatic carbocycles. The maximum absolute atomic E-state index is 4.16. The van der Waals surface area contributed by atoms with E-state index in [2.05, 4.69) is 20.9 Å². The lowest BCUT2D eigenvalue weighted by Gasteiger charge is -2.27. The van der Waals surface area contributed by atoms with Crippen molar-refractivity contribution in [2.75, 3.05) is 5.33 Å². The highest BCUT2D eigenvalue weighted by molar-refractivity contribution is 9.09. The van der Waals surface area contributed by atoms with Crippen LogP contribution in [0, 0.1) is 17.3 Å². The molecule has 3 heteroatoms. The number of halogens is 1. The summed E-state index contributed by atoms with van der Waals surface area (Å²) in [6, 6.07) is 0. The van der Waals surface area contributed by atoms with E-state index in [1.807, 2.05) is 23.0 Å². The molecule has 0 aliphatic heterocycles. The number of alkyl halides is 1. The average molecular weight is 272 g/mol. The van der Waals surface area contributed by atoms with Crippen LogP contribution in [0.2, 0.25) is 0 Å². The lowest BCUT2D eigenvalue weighted by Crippen LogP contribution is -2.23. The third-order valence-corrected chi connectivity index (χ3v) is 5.74. The van der Waals surface area contributed by atoms with Gasteiger partial charge in [-0.25, -0.2) is 0 Å². The van der Waals surface area contributed by atoms with Crippen molar-refractivity contribution in [3.05, 3.63) is 16.6 Å². The fraction of sp³-hybridized carbons (Fsp3) is 0.727. The molecule has 2 unspecified atom stereocenters. The second-order valence-corrected chi connectivity index (χ2v) is 6.47. The van der Waals surface area contributed by atoms with E-state index in [1.165, 1.54) is 35.9 Å². The lowest BCUT2D eigenvalue weighted by atomic mass is 9.81. The van der Waals surface area contributed by atoms with Gasteiger partial charge in [-0.3, -0.25) is 4.98 Å². The molecule has 1 heterocycles. The molecule has 3 rings (SSSR count). The Labute approximate surface area is 97.1 Å². The Kier molecular flexibility index (Phi) is 2.21. The van der Waals surface area contributed by atoms with Gasteiger partial charge in [-0.1, -0.05) is 15.9 Å². The van der Waals surface area contributed by atoms with Gasteiger partial charge in [-0.15, -0.1) is 11.3 Å². The van der Waals surface area contributed by atoms with Gasteiger partial charge < -0.3 is 0 Å². The zero-order valence-corrected chi connectivity index (χ0v) is 10.5. The van der Waals surface area contributed by atoms with E-state index in [4.69, 9.17) is 0 Å². The van der Waals surface area contributed by atoms with E-state index in [1.54, 1.807) is 0 Å². The first kappa shape index (κ1) is 9.34. The summed E-state index contributed by atoms with van der Waals surface area (Å²) < 4.78 is 0.